The molecule has 0 atom stereocenters. The molecule has 0 heterocycles. The largest absolute Gasteiger partial charge is 0.0991 e. The third-order valence-corrected chi connectivity index (χ3v) is 10.5. The minimum Gasteiger partial charge on any atom is -0.0654 e. The number of rotatable bonds is 14. The summed E-state index contributed by atoms with van der Waals surface area (Å²) in [6.45, 7) is 4.61. The van der Waals surface area contributed by atoms with E-state index in [1.165, 1.54) is 76.5 Å². The van der Waals surface area contributed by atoms with Gasteiger partial charge >= 0.3 is 0 Å². The van der Waals surface area contributed by atoms with Crippen LogP contribution in [0.25, 0.3) is 0 Å². The fourth-order valence-electron chi connectivity index (χ4n) is 4.17. The van der Waals surface area contributed by atoms with Crippen molar-refractivity contribution in [3.8, 4) is 0 Å². The van der Waals surface area contributed by atoms with Gasteiger partial charge in [-0.3, -0.25) is 0 Å². The molecule has 0 aliphatic rings. The van der Waals surface area contributed by atoms with Gasteiger partial charge in [0.25, 0.3) is 0 Å². The first-order chi connectivity index (χ1) is 13.3. The third-order valence-electron chi connectivity index (χ3n) is 5.79. The average Bonchev–Trinajstić information content (AvgIpc) is 2.73. The van der Waals surface area contributed by atoms with E-state index in [2.05, 4.69) is 74.5 Å². The maximum Gasteiger partial charge on any atom is 0.0991 e. The van der Waals surface area contributed by atoms with Gasteiger partial charge in [-0.05, 0) is 49.9 Å². The lowest BCUT2D eigenvalue weighted by Gasteiger charge is -2.28. The van der Waals surface area contributed by atoms with Crippen molar-refractivity contribution in [2.45, 2.75) is 78.1 Å². The Balaban J connectivity index is 2.21. The smallest absolute Gasteiger partial charge is 0.0654 e. The predicted molar refractivity (Wildman–Crippen MR) is 126 cm³/mol. The summed E-state index contributed by atoms with van der Waals surface area (Å²) in [5.74, 6) is 0. The van der Waals surface area contributed by atoms with Crippen LogP contribution in [-0.2, 0) is 0 Å². The van der Waals surface area contributed by atoms with E-state index in [0.29, 0.717) is 0 Å². The lowest BCUT2D eigenvalue weighted by molar-refractivity contribution is 0.652. The van der Waals surface area contributed by atoms with Gasteiger partial charge in [-0.2, -0.15) is 0 Å². The van der Waals surface area contributed by atoms with E-state index in [9.17, 15) is 0 Å². The number of unbranched alkanes of at least 4 members (excludes halogenated alkanes) is 8. The Kier molecular flexibility index (Phi) is 10.8. The second-order valence-corrected chi connectivity index (χ2v) is 11.8. The summed E-state index contributed by atoms with van der Waals surface area (Å²) >= 11 is 0. The molecule has 27 heavy (non-hydrogen) atoms. The van der Waals surface area contributed by atoms with Crippen molar-refractivity contribution in [1.82, 2.24) is 0 Å². The van der Waals surface area contributed by atoms with Crippen molar-refractivity contribution >= 4 is 17.9 Å². The van der Waals surface area contributed by atoms with Gasteiger partial charge in [0, 0.05) is 0 Å². The molecule has 0 saturated carbocycles. The van der Waals surface area contributed by atoms with Crippen molar-refractivity contribution in [2.75, 3.05) is 12.3 Å². The quantitative estimate of drug-likeness (QED) is 0.233. The number of hydrogen-bond donors (Lipinski definition) is 0. The number of benzene rings is 2. The Bertz CT molecular complexity index is 535. The molecular weight excluding hydrogens is 343 g/mol. The number of hydrogen-bond acceptors (Lipinski definition) is 0. The van der Waals surface area contributed by atoms with Gasteiger partial charge in [-0.25, -0.2) is 0 Å². The van der Waals surface area contributed by atoms with Crippen molar-refractivity contribution in [2.24, 2.45) is 0 Å². The van der Waals surface area contributed by atoms with Crippen LogP contribution in [0.15, 0.2) is 60.7 Å². The summed E-state index contributed by atoms with van der Waals surface area (Å²) in [5, 5.41) is 3.25. The second kappa shape index (κ2) is 13.1. The summed E-state index contributed by atoms with van der Waals surface area (Å²) < 4.78 is 0. The first kappa shape index (κ1) is 22.2. The van der Waals surface area contributed by atoms with Crippen LogP contribution in [0.1, 0.15) is 78.1 Å². The molecule has 1 heteroatoms. The second-order valence-electron chi connectivity index (χ2n) is 7.91. The van der Waals surface area contributed by atoms with E-state index in [4.69, 9.17) is 0 Å². The Morgan fingerprint density at radius 1 is 0.481 bits per heavy atom. The molecule has 0 nitrogen and oxygen atoms in total. The molecule has 2 rings (SSSR count). The van der Waals surface area contributed by atoms with Crippen LogP contribution in [0.2, 0.25) is 0 Å². The molecule has 0 unspecified atom stereocenters. The standard InChI is InChI=1S/C26H40P/c1-3-5-7-9-17-23-27(24-18-10-8-6-4-2,25-19-13-11-14-20-25)26-21-15-12-16-22-26/h11-16,19-22H,3-10,17-18,23-24H2,1-2H3/q+1. The Labute approximate surface area is 169 Å². The highest BCUT2D eigenvalue weighted by Gasteiger charge is 2.41. The van der Waals surface area contributed by atoms with Crippen LogP contribution in [0.4, 0.5) is 0 Å². The minimum absolute atomic E-state index is 1.30. The molecule has 0 bridgehead atoms. The zero-order valence-corrected chi connectivity index (χ0v) is 18.6. The fourth-order valence-corrected chi connectivity index (χ4v) is 8.74. The van der Waals surface area contributed by atoms with E-state index in [-0.39, 0.29) is 0 Å². The van der Waals surface area contributed by atoms with Gasteiger partial charge in [0.05, 0.1) is 30.2 Å². The molecule has 0 N–H and O–H groups in total. The van der Waals surface area contributed by atoms with Crippen LogP contribution >= 0.6 is 7.26 Å². The summed E-state index contributed by atoms with van der Waals surface area (Å²) in [6.07, 6.45) is 16.6. The zero-order valence-electron chi connectivity index (χ0n) is 17.7. The lowest BCUT2D eigenvalue weighted by Crippen LogP contribution is -2.27. The van der Waals surface area contributed by atoms with Gasteiger partial charge in [-0.15, -0.1) is 0 Å². The van der Waals surface area contributed by atoms with Crippen molar-refractivity contribution < 1.29 is 0 Å². The molecule has 0 aliphatic heterocycles. The third kappa shape index (κ3) is 7.08. The SMILES string of the molecule is CCCCCCC[P+](CCCCCCC)(c1ccccc1)c1ccccc1. The highest BCUT2D eigenvalue weighted by Crippen LogP contribution is 2.57. The predicted octanol–water partition coefficient (Wildman–Crippen LogP) is 7.60. The maximum atomic E-state index is 2.42. The zero-order chi connectivity index (χ0) is 19.2. The molecule has 0 spiro atoms. The topological polar surface area (TPSA) is 0 Å². The molecule has 2 aromatic rings. The highest BCUT2D eigenvalue weighted by atomic mass is 31.2. The van der Waals surface area contributed by atoms with Crippen LogP contribution in [0.3, 0.4) is 0 Å². The fraction of sp³-hybridized carbons (Fsp3) is 0.538. The monoisotopic (exact) mass is 383 g/mol. The Morgan fingerprint density at radius 2 is 0.852 bits per heavy atom. The van der Waals surface area contributed by atoms with Gasteiger partial charge in [0.1, 0.15) is 0 Å². The molecule has 2 aromatic carbocycles. The van der Waals surface area contributed by atoms with Gasteiger partial charge in [-0.1, -0.05) is 88.8 Å². The molecular formula is C26H40P+. The summed E-state index contributed by atoms with van der Waals surface area (Å²) in [4.78, 5) is 0. The van der Waals surface area contributed by atoms with Crippen LogP contribution in [0.5, 0.6) is 0 Å². The Morgan fingerprint density at radius 3 is 1.22 bits per heavy atom. The highest BCUT2D eigenvalue weighted by molar-refractivity contribution is 7.89. The van der Waals surface area contributed by atoms with Crippen LogP contribution in [0, 0.1) is 0 Å². The summed E-state index contributed by atoms with van der Waals surface area (Å²) in [7, 11) is -1.30. The average molecular weight is 384 g/mol. The van der Waals surface area contributed by atoms with Gasteiger partial charge in [0.2, 0.25) is 0 Å². The molecule has 0 radical (unpaired) electrons. The van der Waals surface area contributed by atoms with Crippen molar-refractivity contribution in [3.05, 3.63) is 60.7 Å². The maximum absolute atomic E-state index is 2.42. The lowest BCUT2D eigenvalue weighted by atomic mass is 10.2. The van der Waals surface area contributed by atoms with Crippen molar-refractivity contribution in [1.29, 1.82) is 0 Å². The van der Waals surface area contributed by atoms with E-state index >= 15 is 0 Å². The van der Waals surface area contributed by atoms with Gasteiger partial charge < -0.3 is 0 Å². The normalized spacial score (nSPS) is 11.6. The van der Waals surface area contributed by atoms with E-state index in [1.807, 2.05) is 0 Å². The van der Waals surface area contributed by atoms with E-state index < -0.39 is 7.26 Å². The van der Waals surface area contributed by atoms with Gasteiger partial charge in [0.15, 0.2) is 0 Å². The molecule has 148 valence electrons. The minimum atomic E-state index is -1.30. The molecule has 0 fully saturated rings. The summed E-state index contributed by atoms with van der Waals surface area (Å²) in [5.41, 5.74) is 0. The Hall–Kier alpha value is -1.13. The molecule has 0 saturated heterocycles. The van der Waals surface area contributed by atoms with E-state index in [0.717, 1.165) is 0 Å². The van der Waals surface area contributed by atoms with Crippen molar-refractivity contribution in [3.63, 3.8) is 0 Å². The summed E-state index contributed by atoms with van der Waals surface area (Å²) in [6, 6.07) is 23.0. The van der Waals surface area contributed by atoms with Crippen LogP contribution in [-0.4, -0.2) is 12.3 Å². The first-order valence-corrected chi connectivity index (χ1v) is 13.5. The molecule has 0 aliphatic carbocycles. The van der Waals surface area contributed by atoms with Crippen LogP contribution < -0.4 is 10.6 Å². The molecule has 0 aromatic heterocycles. The first-order valence-electron chi connectivity index (χ1n) is 11.3. The van der Waals surface area contributed by atoms with E-state index in [1.54, 1.807) is 10.6 Å². The molecule has 0 amide bonds.